The third-order valence-electron chi connectivity index (χ3n) is 5.51. The second kappa shape index (κ2) is 13.0. The van der Waals surface area contributed by atoms with Gasteiger partial charge in [-0.25, -0.2) is 0 Å². The smallest absolute Gasteiger partial charge is 0.425 e. The largest absolute Gasteiger partial charge is 0.431 e. The second-order valence-corrected chi connectivity index (χ2v) is 10.2. The fourth-order valence-electron chi connectivity index (χ4n) is 3.28. The standard InChI is InChI=1S/C26H28F2N4O2S2/c1-3-5-23(26(27,28)34-21-7-9-22(35-2)10-8-21)31-15-20(24(33)32-25(18-29)11-12-25)17-36-16-19-6-4-13-30-14-19/h4,6-10,13-14,20,23,31H,11-12,15-17H2,1-2H3,(H,32,33)/t20-,23-/m0/s1. The number of nitrogens with zero attached hydrogens (tertiary/aromatic N) is 2. The zero-order chi connectivity index (χ0) is 26.0. The Morgan fingerprint density at radius 2 is 2.06 bits per heavy atom. The van der Waals surface area contributed by atoms with Crippen LogP contribution in [0, 0.1) is 29.1 Å². The summed E-state index contributed by atoms with van der Waals surface area (Å²) in [6.45, 7) is 1.41. The quantitative estimate of drug-likeness (QED) is 0.292. The number of carbonyl (C=O) groups is 1. The molecule has 0 saturated heterocycles. The topological polar surface area (TPSA) is 87.0 Å². The van der Waals surface area contributed by atoms with E-state index < -0.39 is 23.6 Å². The molecule has 1 fully saturated rings. The molecule has 0 unspecified atom stereocenters. The SMILES string of the molecule is CC#C[C@H](NC[C@@H](CSCc1cccnc1)C(=O)NC1(C#N)CC1)C(F)(F)Oc1ccc(SC)cc1. The Balaban J connectivity index is 1.66. The number of halogens is 2. The lowest BCUT2D eigenvalue weighted by Crippen LogP contribution is -2.51. The van der Waals surface area contributed by atoms with Crippen molar-refractivity contribution in [3.63, 3.8) is 0 Å². The number of pyridine rings is 1. The van der Waals surface area contributed by atoms with Gasteiger partial charge in [-0.1, -0.05) is 12.0 Å². The van der Waals surface area contributed by atoms with Gasteiger partial charge in [-0.3, -0.25) is 15.1 Å². The fraction of sp³-hybridized carbons (Fsp3) is 0.423. The highest BCUT2D eigenvalue weighted by Gasteiger charge is 2.46. The maximum Gasteiger partial charge on any atom is 0.425 e. The van der Waals surface area contributed by atoms with Crippen molar-refractivity contribution in [2.24, 2.45) is 5.92 Å². The van der Waals surface area contributed by atoms with Gasteiger partial charge in [-0.15, -0.1) is 17.7 Å². The van der Waals surface area contributed by atoms with E-state index in [9.17, 15) is 10.1 Å². The minimum Gasteiger partial charge on any atom is -0.431 e. The molecule has 1 aliphatic rings. The molecule has 36 heavy (non-hydrogen) atoms. The molecule has 0 bridgehead atoms. The van der Waals surface area contributed by atoms with Crippen molar-refractivity contribution in [1.82, 2.24) is 15.6 Å². The molecule has 2 atom stereocenters. The number of nitriles is 1. The highest BCUT2D eigenvalue weighted by atomic mass is 32.2. The van der Waals surface area contributed by atoms with Crippen LogP contribution in [0.5, 0.6) is 5.75 Å². The van der Waals surface area contributed by atoms with Gasteiger partial charge in [-0.2, -0.15) is 25.8 Å². The first-order chi connectivity index (χ1) is 17.3. The molecule has 1 saturated carbocycles. The number of alkyl halides is 2. The third kappa shape index (κ3) is 8.12. The molecule has 190 valence electrons. The highest BCUT2D eigenvalue weighted by Crippen LogP contribution is 2.35. The van der Waals surface area contributed by atoms with E-state index in [-0.39, 0.29) is 18.2 Å². The van der Waals surface area contributed by atoms with E-state index in [1.165, 1.54) is 42.6 Å². The van der Waals surface area contributed by atoms with Gasteiger partial charge in [-0.05, 0) is 61.9 Å². The normalized spacial score (nSPS) is 15.5. The Bertz CT molecular complexity index is 1110. The maximum absolute atomic E-state index is 15.1. The molecule has 1 aliphatic carbocycles. The van der Waals surface area contributed by atoms with Crippen LogP contribution in [0.3, 0.4) is 0 Å². The number of amides is 1. The fourth-order valence-corrected chi connectivity index (χ4v) is 4.76. The summed E-state index contributed by atoms with van der Waals surface area (Å²) >= 11 is 2.99. The predicted octanol–water partition coefficient (Wildman–Crippen LogP) is 4.48. The lowest BCUT2D eigenvalue weighted by atomic mass is 10.1. The molecule has 2 aromatic rings. The zero-order valence-electron chi connectivity index (χ0n) is 20.1. The Morgan fingerprint density at radius 3 is 2.64 bits per heavy atom. The first-order valence-corrected chi connectivity index (χ1v) is 13.8. The summed E-state index contributed by atoms with van der Waals surface area (Å²) in [4.78, 5) is 18.0. The molecule has 1 heterocycles. The van der Waals surface area contributed by atoms with Crippen molar-refractivity contribution in [2.75, 3.05) is 18.6 Å². The van der Waals surface area contributed by atoms with Crippen LogP contribution in [-0.4, -0.2) is 47.1 Å². The highest BCUT2D eigenvalue weighted by molar-refractivity contribution is 7.98. The summed E-state index contributed by atoms with van der Waals surface area (Å²) in [5.74, 6) is 4.99. The van der Waals surface area contributed by atoms with Crippen LogP contribution in [0.4, 0.5) is 8.78 Å². The van der Waals surface area contributed by atoms with Crippen LogP contribution in [-0.2, 0) is 10.5 Å². The number of benzene rings is 1. The van der Waals surface area contributed by atoms with Crippen molar-refractivity contribution >= 4 is 29.4 Å². The van der Waals surface area contributed by atoms with E-state index in [1.807, 2.05) is 18.4 Å². The number of carbonyl (C=O) groups excluding carboxylic acids is 1. The number of rotatable bonds is 13. The van der Waals surface area contributed by atoms with Crippen molar-refractivity contribution in [1.29, 1.82) is 5.26 Å². The third-order valence-corrected chi connectivity index (χ3v) is 7.43. The molecule has 0 spiro atoms. The molecular formula is C26H28F2N4O2S2. The van der Waals surface area contributed by atoms with Gasteiger partial charge in [0.15, 0.2) is 6.04 Å². The van der Waals surface area contributed by atoms with E-state index in [0.29, 0.717) is 24.3 Å². The van der Waals surface area contributed by atoms with Crippen LogP contribution in [0.25, 0.3) is 0 Å². The average Bonchev–Trinajstić information content (AvgIpc) is 3.65. The molecule has 1 aromatic heterocycles. The predicted molar refractivity (Wildman–Crippen MR) is 139 cm³/mol. The number of ether oxygens (including phenoxy) is 1. The molecule has 0 aliphatic heterocycles. The summed E-state index contributed by atoms with van der Waals surface area (Å²) in [6, 6.07) is 10.6. The summed E-state index contributed by atoms with van der Waals surface area (Å²) < 4.78 is 35.1. The van der Waals surface area contributed by atoms with Crippen molar-refractivity contribution in [3.05, 3.63) is 54.4 Å². The summed E-state index contributed by atoms with van der Waals surface area (Å²) in [5, 5.41) is 14.9. The molecule has 3 rings (SSSR count). The van der Waals surface area contributed by atoms with Gasteiger partial charge < -0.3 is 10.1 Å². The molecule has 0 radical (unpaired) electrons. The number of hydrogen-bond acceptors (Lipinski definition) is 7. The van der Waals surface area contributed by atoms with E-state index in [1.54, 1.807) is 24.5 Å². The molecule has 1 aromatic carbocycles. The van der Waals surface area contributed by atoms with Crippen molar-refractivity contribution in [3.8, 4) is 23.7 Å². The van der Waals surface area contributed by atoms with E-state index in [0.717, 1.165) is 10.5 Å². The van der Waals surface area contributed by atoms with E-state index in [2.05, 4.69) is 33.5 Å². The van der Waals surface area contributed by atoms with Gasteiger partial charge in [0.2, 0.25) is 5.91 Å². The maximum atomic E-state index is 15.1. The Morgan fingerprint density at radius 1 is 1.31 bits per heavy atom. The number of hydrogen-bond donors (Lipinski definition) is 2. The molecular weight excluding hydrogens is 502 g/mol. The average molecular weight is 531 g/mol. The molecule has 2 N–H and O–H groups in total. The molecule has 10 heteroatoms. The lowest BCUT2D eigenvalue weighted by Gasteiger charge is -2.26. The zero-order valence-corrected chi connectivity index (χ0v) is 21.7. The first kappa shape index (κ1) is 27.8. The summed E-state index contributed by atoms with van der Waals surface area (Å²) in [7, 11) is 0. The van der Waals surface area contributed by atoms with Crippen LogP contribution in [0.2, 0.25) is 0 Å². The molecule has 6 nitrogen and oxygen atoms in total. The van der Waals surface area contributed by atoms with Gasteiger partial charge in [0.25, 0.3) is 0 Å². The van der Waals surface area contributed by atoms with Crippen LogP contribution in [0.15, 0.2) is 53.7 Å². The van der Waals surface area contributed by atoms with Crippen LogP contribution < -0.4 is 15.4 Å². The van der Waals surface area contributed by atoms with Gasteiger partial charge in [0, 0.05) is 35.3 Å². The molecule has 1 amide bonds. The summed E-state index contributed by atoms with van der Waals surface area (Å²) in [6.07, 6.45) is 2.85. The van der Waals surface area contributed by atoms with Crippen molar-refractivity contribution in [2.45, 2.75) is 48.1 Å². The lowest BCUT2D eigenvalue weighted by molar-refractivity contribution is -0.187. The first-order valence-electron chi connectivity index (χ1n) is 11.4. The Hall–Kier alpha value is -2.79. The van der Waals surface area contributed by atoms with Crippen LogP contribution in [0.1, 0.15) is 25.3 Å². The van der Waals surface area contributed by atoms with Gasteiger partial charge in [0.1, 0.15) is 11.3 Å². The number of thioether (sulfide) groups is 2. The van der Waals surface area contributed by atoms with Gasteiger partial charge in [0.05, 0.1) is 12.0 Å². The monoisotopic (exact) mass is 530 g/mol. The number of aromatic nitrogens is 1. The van der Waals surface area contributed by atoms with E-state index >= 15 is 8.78 Å². The second-order valence-electron chi connectivity index (χ2n) is 8.33. The Labute approximate surface area is 219 Å². The Kier molecular flexibility index (Phi) is 10.0. The number of nitrogens with one attached hydrogen (secondary N) is 2. The minimum atomic E-state index is -3.64. The summed E-state index contributed by atoms with van der Waals surface area (Å²) in [5.41, 5.74) is 0.148. The van der Waals surface area contributed by atoms with E-state index in [4.69, 9.17) is 4.74 Å². The van der Waals surface area contributed by atoms with Gasteiger partial charge >= 0.3 is 6.11 Å². The van der Waals surface area contributed by atoms with Crippen molar-refractivity contribution < 1.29 is 18.3 Å². The van der Waals surface area contributed by atoms with Crippen LogP contribution >= 0.6 is 23.5 Å². The minimum absolute atomic E-state index is 0.0218.